The van der Waals surface area contributed by atoms with Crippen LogP contribution in [-0.4, -0.2) is 60.6 Å². The summed E-state index contributed by atoms with van der Waals surface area (Å²) >= 11 is 0. The van der Waals surface area contributed by atoms with Crippen molar-refractivity contribution in [3.8, 4) is 0 Å². The number of hydrogen-bond acceptors (Lipinski definition) is 4. The molecule has 146 valence electrons. The number of fused-ring (bicyclic) bond motifs is 1. The summed E-state index contributed by atoms with van der Waals surface area (Å²) in [6.07, 6.45) is 4.29. The second-order valence-electron chi connectivity index (χ2n) is 6.72. The van der Waals surface area contributed by atoms with Crippen LogP contribution < -0.4 is 5.32 Å². The predicted molar refractivity (Wildman–Crippen MR) is 107 cm³/mol. The minimum absolute atomic E-state index is 0.189. The van der Waals surface area contributed by atoms with Crippen molar-refractivity contribution in [2.45, 2.75) is 26.2 Å². The van der Waals surface area contributed by atoms with Gasteiger partial charge in [-0.3, -0.25) is 4.98 Å². The zero-order valence-electron chi connectivity index (χ0n) is 15.6. The zero-order chi connectivity index (χ0) is 19.3. The van der Waals surface area contributed by atoms with Crippen LogP contribution in [0.1, 0.15) is 26.2 Å². The van der Waals surface area contributed by atoms with E-state index in [-0.39, 0.29) is 11.8 Å². The number of carbonyl (C=O) groups excluding carboxylic acids is 1. The molecular formula is C19H26N4O3S. The van der Waals surface area contributed by atoms with Gasteiger partial charge < -0.3 is 10.2 Å². The summed E-state index contributed by atoms with van der Waals surface area (Å²) in [6.45, 7) is 3.51. The van der Waals surface area contributed by atoms with E-state index in [0.29, 0.717) is 38.3 Å². The number of urea groups is 1. The topological polar surface area (TPSA) is 82.6 Å². The lowest BCUT2D eigenvalue weighted by atomic mass is 10.2. The van der Waals surface area contributed by atoms with Crippen LogP contribution >= 0.6 is 0 Å². The Hall–Kier alpha value is -2.19. The largest absolute Gasteiger partial charge is 0.322 e. The highest BCUT2D eigenvalue weighted by Gasteiger charge is 2.28. The molecule has 1 aliphatic heterocycles. The number of anilines is 1. The van der Waals surface area contributed by atoms with Gasteiger partial charge in [-0.1, -0.05) is 38.0 Å². The lowest BCUT2D eigenvalue weighted by Gasteiger charge is -2.34. The predicted octanol–water partition coefficient (Wildman–Crippen LogP) is 2.90. The number of hydrogen-bond donors (Lipinski definition) is 1. The smallest absolute Gasteiger partial charge is 0.321 e. The molecule has 0 unspecified atom stereocenters. The third-order valence-electron chi connectivity index (χ3n) is 4.80. The van der Waals surface area contributed by atoms with E-state index in [9.17, 15) is 13.2 Å². The van der Waals surface area contributed by atoms with Gasteiger partial charge in [0, 0.05) is 37.8 Å². The number of nitrogens with one attached hydrogen (secondary N) is 1. The Morgan fingerprint density at radius 3 is 2.59 bits per heavy atom. The van der Waals surface area contributed by atoms with Gasteiger partial charge in [0.2, 0.25) is 10.0 Å². The monoisotopic (exact) mass is 390 g/mol. The molecule has 0 saturated carbocycles. The van der Waals surface area contributed by atoms with Gasteiger partial charge in [-0.25, -0.2) is 13.2 Å². The van der Waals surface area contributed by atoms with Crippen LogP contribution in [0.2, 0.25) is 0 Å². The number of piperazine rings is 1. The Kier molecular flexibility index (Phi) is 6.28. The summed E-state index contributed by atoms with van der Waals surface area (Å²) in [5, 5.41) is 3.86. The van der Waals surface area contributed by atoms with Crippen molar-refractivity contribution in [3.63, 3.8) is 0 Å². The summed E-state index contributed by atoms with van der Waals surface area (Å²) in [6, 6.07) is 9.22. The van der Waals surface area contributed by atoms with Crippen molar-refractivity contribution >= 4 is 32.6 Å². The van der Waals surface area contributed by atoms with Gasteiger partial charge in [-0.05, 0) is 18.6 Å². The standard InChI is InChI=1S/C19H26N4O3S/c1-2-3-4-15-27(25,26)23-13-11-22(12-14-23)19(24)21-17-9-5-7-16-8-6-10-20-18(16)17/h5-10H,2-4,11-15H2,1H3,(H,21,24). The van der Waals surface area contributed by atoms with E-state index >= 15 is 0 Å². The van der Waals surface area contributed by atoms with Crippen molar-refractivity contribution in [1.29, 1.82) is 0 Å². The van der Waals surface area contributed by atoms with Crippen LogP contribution in [0.5, 0.6) is 0 Å². The second-order valence-corrected chi connectivity index (χ2v) is 8.81. The third-order valence-corrected chi connectivity index (χ3v) is 6.76. The molecule has 0 aliphatic carbocycles. The Morgan fingerprint density at radius 2 is 1.85 bits per heavy atom. The van der Waals surface area contributed by atoms with Crippen LogP contribution in [0.4, 0.5) is 10.5 Å². The molecule has 0 spiro atoms. The van der Waals surface area contributed by atoms with Crippen molar-refractivity contribution in [2.75, 3.05) is 37.2 Å². The van der Waals surface area contributed by atoms with E-state index in [0.717, 1.165) is 23.7 Å². The molecule has 0 atom stereocenters. The van der Waals surface area contributed by atoms with Gasteiger partial charge in [-0.15, -0.1) is 0 Å². The average Bonchev–Trinajstić information content (AvgIpc) is 2.68. The SMILES string of the molecule is CCCCCS(=O)(=O)N1CCN(C(=O)Nc2cccc3cccnc23)CC1. The Bertz CT molecular complexity index is 887. The molecule has 2 aromatic rings. The fourth-order valence-electron chi connectivity index (χ4n) is 3.23. The Labute approximate surface area is 160 Å². The molecule has 1 N–H and O–H groups in total. The minimum atomic E-state index is -3.23. The molecule has 3 rings (SSSR count). The lowest BCUT2D eigenvalue weighted by molar-refractivity contribution is 0.184. The molecule has 27 heavy (non-hydrogen) atoms. The van der Waals surface area contributed by atoms with E-state index in [2.05, 4.69) is 17.2 Å². The first-order chi connectivity index (χ1) is 13.0. The van der Waals surface area contributed by atoms with Gasteiger partial charge in [0.25, 0.3) is 0 Å². The number of unbranched alkanes of at least 4 members (excludes halogenated alkanes) is 2. The van der Waals surface area contributed by atoms with Crippen LogP contribution in [0.25, 0.3) is 10.9 Å². The number of nitrogens with zero attached hydrogens (tertiary/aromatic N) is 3. The highest BCUT2D eigenvalue weighted by atomic mass is 32.2. The molecule has 0 bridgehead atoms. The highest BCUT2D eigenvalue weighted by molar-refractivity contribution is 7.89. The fourth-order valence-corrected chi connectivity index (χ4v) is 4.78. The van der Waals surface area contributed by atoms with Crippen molar-refractivity contribution in [3.05, 3.63) is 36.5 Å². The van der Waals surface area contributed by atoms with Crippen molar-refractivity contribution in [1.82, 2.24) is 14.2 Å². The lowest BCUT2D eigenvalue weighted by Crippen LogP contribution is -2.52. The fraction of sp³-hybridized carbons (Fsp3) is 0.474. The summed E-state index contributed by atoms with van der Waals surface area (Å²) in [5.74, 6) is 0.189. The maximum Gasteiger partial charge on any atom is 0.321 e. The van der Waals surface area contributed by atoms with Gasteiger partial charge >= 0.3 is 6.03 Å². The summed E-state index contributed by atoms with van der Waals surface area (Å²) in [4.78, 5) is 18.6. The molecule has 1 aromatic heterocycles. The van der Waals surface area contributed by atoms with Crippen molar-refractivity contribution in [2.24, 2.45) is 0 Å². The van der Waals surface area contributed by atoms with Crippen LogP contribution in [0.15, 0.2) is 36.5 Å². The first-order valence-electron chi connectivity index (χ1n) is 9.39. The molecule has 1 aromatic carbocycles. The maximum absolute atomic E-state index is 12.6. The quantitative estimate of drug-likeness (QED) is 0.769. The Morgan fingerprint density at radius 1 is 1.11 bits per heavy atom. The third kappa shape index (κ3) is 4.75. The molecular weight excluding hydrogens is 364 g/mol. The van der Waals surface area contributed by atoms with E-state index in [1.165, 1.54) is 4.31 Å². The highest BCUT2D eigenvalue weighted by Crippen LogP contribution is 2.21. The molecule has 1 fully saturated rings. The normalized spacial score (nSPS) is 15.8. The van der Waals surface area contributed by atoms with Crippen molar-refractivity contribution < 1.29 is 13.2 Å². The molecule has 1 saturated heterocycles. The number of aromatic nitrogens is 1. The zero-order valence-corrected chi connectivity index (χ0v) is 16.4. The average molecular weight is 391 g/mol. The number of benzene rings is 1. The number of sulfonamides is 1. The molecule has 0 radical (unpaired) electrons. The van der Waals surface area contributed by atoms with Gasteiger partial charge in [-0.2, -0.15) is 4.31 Å². The molecule has 1 aliphatic rings. The summed E-state index contributed by atoms with van der Waals surface area (Å²) < 4.78 is 26.3. The number of amides is 2. The van der Waals surface area contributed by atoms with Gasteiger partial charge in [0.05, 0.1) is 17.0 Å². The minimum Gasteiger partial charge on any atom is -0.322 e. The summed E-state index contributed by atoms with van der Waals surface area (Å²) in [5.41, 5.74) is 1.40. The first-order valence-corrected chi connectivity index (χ1v) is 11.0. The van der Waals surface area contributed by atoms with E-state index in [1.54, 1.807) is 11.1 Å². The molecule has 2 amide bonds. The van der Waals surface area contributed by atoms with Crippen LogP contribution in [0.3, 0.4) is 0 Å². The van der Waals surface area contributed by atoms with E-state index < -0.39 is 10.0 Å². The number of rotatable bonds is 6. The van der Waals surface area contributed by atoms with Crippen LogP contribution in [0, 0.1) is 0 Å². The van der Waals surface area contributed by atoms with Gasteiger partial charge in [0.15, 0.2) is 0 Å². The summed E-state index contributed by atoms with van der Waals surface area (Å²) in [7, 11) is -3.23. The first kappa shape index (κ1) is 19.6. The number of para-hydroxylation sites is 1. The number of carbonyl (C=O) groups is 1. The van der Waals surface area contributed by atoms with Crippen LogP contribution in [-0.2, 0) is 10.0 Å². The van der Waals surface area contributed by atoms with E-state index in [1.807, 2.05) is 30.3 Å². The molecule has 2 heterocycles. The molecule has 8 heteroatoms. The maximum atomic E-state index is 12.6. The second kappa shape index (κ2) is 8.67. The van der Waals surface area contributed by atoms with Gasteiger partial charge in [0.1, 0.15) is 0 Å². The molecule has 7 nitrogen and oxygen atoms in total. The van der Waals surface area contributed by atoms with E-state index in [4.69, 9.17) is 0 Å². The Balaban J connectivity index is 1.58. The number of pyridine rings is 1.